The van der Waals surface area contributed by atoms with Gasteiger partial charge in [-0.3, -0.25) is 0 Å². The molecule has 1 N–H and O–H groups in total. The lowest BCUT2D eigenvalue weighted by atomic mass is 10.00. The van der Waals surface area contributed by atoms with Crippen molar-refractivity contribution in [3.05, 3.63) is 47.5 Å². The second kappa shape index (κ2) is 4.30. The third-order valence-corrected chi connectivity index (χ3v) is 3.82. The largest absolute Gasteiger partial charge is 0.350 e. The highest BCUT2D eigenvalue weighted by Gasteiger charge is 2.20. The van der Waals surface area contributed by atoms with E-state index in [9.17, 15) is 0 Å². The lowest BCUT2D eigenvalue weighted by Gasteiger charge is -2.29. The molecular formula is C15H15N5. The van der Waals surface area contributed by atoms with Crippen molar-refractivity contribution in [1.29, 1.82) is 0 Å². The molecule has 0 unspecified atom stereocenters. The number of nitrogens with one attached hydrogen (secondary N) is 1. The molecule has 0 aliphatic carbocycles. The first-order valence-electron chi connectivity index (χ1n) is 6.80. The molecule has 20 heavy (non-hydrogen) atoms. The van der Waals surface area contributed by atoms with Crippen molar-refractivity contribution in [3.63, 3.8) is 0 Å². The lowest BCUT2D eigenvalue weighted by molar-refractivity contribution is 0.722. The van der Waals surface area contributed by atoms with Gasteiger partial charge in [0.15, 0.2) is 11.5 Å². The van der Waals surface area contributed by atoms with Crippen LogP contribution in [-0.2, 0) is 13.0 Å². The Morgan fingerprint density at radius 3 is 2.90 bits per heavy atom. The Morgan fingerprint density at radius 2 is 2.00 bits per heavy atom. The molecule has 1 aliphatic rings. The molecule has 0 spiro atoms. The van der Waals surface area contributed by atoms with Crippen LogP contribution in [0.2, 0.25) is 0 Å². The van der Waals surface area contributed by atoms with Crippen LogP contribution < -0.4 is 4.90 Å². The molecule has 0 radical (unpaired) electrons. The Labute approximate surface area is 116 Å². The molecule has 0 saturated heterocycles. The first kappa shape index (κ1) is 11.4. The molecule has 0 fully saturated rings. The number of fused-ring (bicyclic) bond motifs is 2. The van der Waals surface area contributed by atoms with E-state index in [4.69, 9.17) is 0 Å². The Balaban J connectivity index is 1.78. The average Bonchev–Trinajstić information content (AvgIpc) is 2.86. The van der Waals surface area contributed by atoms with Gasteiger partial charge in [-0.05, 0) is 24.5 Å². The molecule has 5 nitrogen and oxygen atoms in total. The summed E-state index contributed by atoms with van der Waals surface area (Å²) in [6.45, 7) is 3.80. The molecule has 100 valence electrons. The molecule has 1 aromatic carbocycles. The van der Waals surface area contributed by atoms with Crippen LogP contribution in [-0.4, -0.2) is 26.5 Å². The van der Waals surface area contributed by atoms with Gasteiger partial charge in [0, 0.05) is 13.1 Å². The molecule has 3 aromatic rings. The highest BCUT2D eigenvalue weighted by molar-refractivity contribution is 5.83. The SMILES string of the molecule is Cc1nc2ncnc(N3CCc4ccccc4C3)c2[nH]1. The highest BCUT2D eigenvalue weighted by Crippen LogP contribution is 2.26. The van der Waals surface area contributed by atoms with Gasteiger partial charge in [0.2, 0.25) is 0 Å². The number of benzene rings is 1. The van der Waals surface area contributed by atoms with E-state index in [1.807, 2.05) is 6.92 Å². The Kier molecular flexibility index (Phi) is 2.45. The van der Waals surface area contributed by atoms with Gasteiger partial charge < -0.3 is 9.88 Å². The average molecular weight is 265 g/mol. The predicted octanol–water partition coefficient (Wildman–Crippen LogP) is 2.22. The standard InChI is InChI=1S/C15H15N5/c1-10-18-13-14(19-10)16-9-17-15(13)20-7-6-11-4-2-3-5-12(11)8-20/h2-5,9H,6-8H2,1H3,(H,16,17,18,19). The summed E-state index contributed by atoms with van der Waals surface area (Å²) >= 11 is 0. The number of anilines is 1. The summed E-state index contributed by atoms with van der Waals surface area (Å²) in [4.78, 5) is 18.6. The third-order valence-electron chi connectivity index (χ3n) is 3.82. The quantitative estimate of drug-likeness (QED) is 0.733. The van der Waals surface area contributed by atoms with Crippen LogP contribution in [0.4, 0.5) is 5.82 Å². The second-order valence-corrected chi connectivity index (χ2v) is 5.16. The van der Waals surface area contributed by atoms with Gasteiger partial charge in [0.1, 0.15) is 17.7 Å². The maximum atomic E-state index is 4.46. The summed E-state index contributed by atoms with van der Waals surface area (Å²) in [6.07, 6.45) is 2.65. The van der Waals surface area contributed by atoms with Gasteiger partial charge in [-0.15, -0.1) is 0 Å². The van der Waals surface area contributed by atoms with Crippen molar-refractivity contribution in [2.24, 2.45) is 0 Å². The Bertz CT molecular complexity index is 777. The first-order chi connectivity index (χ1) is 9.81. The smallest absolute Gasteiger partial charge is 0.183 e. The molecule has 0 bridgehead atoms. The minimum atomic E-state index is 0.742. The van der Waals surface area contributed by atoms with Crippen molar-refractivity contribution in [3.8, 4) is 0 Å². The molecular weight excluding hydrogens is 250 g/mol. The van der Waals surface area contributed by atoms with Gasteiger partial charge in [0.25, 0.3) is 0 Å². The van der Waals surface area contributed by atoms with E-state index in [0.717, 1.165) is 42.3 Å². The zero-order valence-corrected chi connectivity index (χ0v) is 11.3. The lowest BCUT2D eigenvalue weighted by Crippen LogP contribution is -2.31. The van der Waals surface area contributed by atoms with Crippen molar-refractivity contribution in [2.45, 2.75) is 19.9 Å². The monoisotopic (exact) mass is 265 g/mol. The van der Waals surface area contributed by atoms with E-state index in [1.54, 1.807) is 6.33 Å². The number of aryl methyl sites for hydroxylation is 1. The Morgan fingerprint density at radius 1 is 1.15 bits per heavy atom. The number of H-pyrrole nitrogens is 1. The van der Waals surface area contributed by atoms with E-state index in [0.29, 0.717) is 0 Å². The van der Waals surface area contributed by atoms with Gasteiger partial charge in [0.05, 0.1) is 0 Å². The fourth-order valence-electron chi connectivity index (χ4n) is 2.85. The summed E-state index contributed by atoms with van der Waals surface area (Å²) in [5.41, 5.74) is 4.49. The maximum absolute atomic E-state index is 4.46. The van der Waals surface area contributed by atoms with Crippen LogP contribution in [0, 0.1) is 6.92 Å². The molecule has 2 aromatic heterocycles. The second-order valence-electron chi connectivity index (χ2n) is 5.16. The van der Waals surface area contributed by atoms with E-state index in [2.05, 4.69) is 49.1 Å². The fraction of sp³-hybridized carbons (Fsp3) is 0.267. The van der Waals surface area contributed by atoms with Crippen molar-refractivity contribution >= 4 is 17.0 Å². The number of imidazole rings is 1. The Hall–Kier alpha value is -2.43. The van der Waals surface area contributed by atoms with E-state index >= 15 is 0 Å². The first-order valence-corrected chi connectivity index (χ1v) is 6.80. The summed E-state index contributed by atoms with van der Waals surface area (Å²) in [5.74, 6) is 1.82. The number of hydrogen-bond donors (Lipinski definition) is 1. The van der Waals surface area contributed by atoms with Crippen LogP contribution in [0.3, 0.4) is 0 Å². The van der Waals surface area contributed by atoms with E-state index in [-0.39, 0.29) is 0 Å². The van der Waals surface area contributed by atoms with Crippen LogP contribution in [0.25, 0.3) is 11.2 Å². The van der Waals surface area contributed by atoms with Crippen LogP contribution in [0.5, 0.6) is 0 Å². The predicted molar refractivity (Wildman–Crippen MR) is 77.6 cm³/mol. The molecule has 5 heteroatoms. The van der Waals surface area contributed by atoms with Crippen molar-refractivity contribution < 1.29 is 0 Å². The summed E-state index contributed by atoms with van der Waals surface area (Å²) in [6, 6.07) is 8.61. The van der Waals surface area contributed by atoms with Crippen LogP contribution in [0.15, 0.2) is 30.6 Å². The van der Waals surface area contributed by atoms with Gasteiger partial charge in [-0.1, -0.05) is 24.3 Å². The normalized spacial score (nSPS) is 14.6. The minimum absolute atomic E-state index is 0.742. The third kappa shape index (κ3) is 1.74. The van der Waals surface area contributed by atoms with E-state index < -0.39 is 0 Å². The van der Waals surface area contributed by atoms with Crippen molar-refractivity contribution in [2.75, 3.05) is 11.4 Å². The molecule has 4 rings (SSSR count). The number of aromatic amines is 1. The molecule has 0 amide bonds. The summed E-state index contributed by atoms with van der Waals surface area (Å²) in [5, 5.41) is 0. The van der Waals surface area contributed by atoms with Crippen molar-refractivity contribution in [1.82, 2.24) is 19.9 Å². The molecule has 0 saturated carbocycles. The highest BCUT2D eigenvalue weighted by atomic mass is 15.2. The fourth-order valence-corrected chi connectivity index (χ4v) is 2.85. The van der Waals surface area contributed by atoms with Crippen LogP contribution >= 0.6 is 0 Å². The van der Waals surface area contributed by atoms with Gasteiger partial charge >= 0.3 is 0 Å². The number of aromatic nitrogens is 4. The zero-order chi connectivity index (χ0) is 13.5. The number of hydrogen-bond acceptors (Lipinski definition) is 4. The summed E-state index contributed by atoms with van der Waals surface area (Å²) in [7, 11) is 0. The number of nitrogens with zero attached hydrogens (tertiary/aromatic N) is 4. The topological polar surface area (TPSA) is 57.7 Å². The minimum Gasteiger partial charge on any atom is -0.350 e. The zero-order valence-electron chi connectivity index (χ0n) is 11.3. The van der Waals surface area contributed by atoms with E-state index in [1.165, 1.54) is 11.1 Å². The molecule has 1 aliphatic heterocycles. The molecule has 0 atom stereocenters. The maximum Gasteiger partial charge on any atom is 0.183 e. The van der Waals surface area contributed by atoms with Crippen LogP contribution in [0.1, 0.15) is 17.0 Å². The summed E-state index contributed by atoms with van der Waals surface area (Å²) < 4.78 is 0. The molecule has 3 heterocycles. The van der Waals surface area contributed by atoms with Gasteiger partial charge in [-0.2, -0.15) is 0 Å². The van der Waals surface area contributed by atoms with Gasteiger partial charge in [-0.25, -0.2) is 15.0 Å². The number of rotatable bonds is 1.